The summed E-state index contributed by atoms with van der Waals surface area (Å²) in [6, 6.07) is 5.03. The van der Waals surface area contributed by atoms with Crippen LogP contribution in [0.1, 0.15) is 44.9 Å². The third-order valence-electron chi connectivity index (χ3n) is 6.78. The van der Waals surface area contributed by atoms with Crippen LogP contribution in [0.25, 0.3) is 16.7 Å². The first-order chi connectivity index (χ1) is 20.1. The predicted octanol–water partition coefficient (Wildman–Crippen LogP) is 5.94. The molecule has 10 nitrogen and oxygen atoms in total. The van der Waals surface area contributed by atoms with E-state index >= 15 is 4.39 Å². The summed E-state index contributed by atoms with van der Waals surface area (Å²) < 4.78 is 37.7. The first-order valence-electron chi connectivity index (χ1n) is 13.7. The van der Waals surface area contributed by atoms with Crippen LogP contribution >= 0.6 is 0 Å². The number of carbonyl (C=O) groups is 1. The number of aromatic nitrogens is 3. The van der Waals surface area contributed by atoms with E-state index in [1.165, 1.54) is 25.9 Å². The Labute approximate surface area is 245 Å². The van der Waals surface area contributed by atoms with Crippen molar-refractivity contribution in [1.82, 2.24) is 19.9 Å². The lowest BCUT2D eigenvalue weighted by atomic mass is 9.78. The lowest BCUT2D eigenvalue weighted by Crippen LogP contribution is -2.67. The van der Waals surface area contributed by atoms with Crippen molar-refractivity contribution in [2.45, 2.75) is 40.5 Å². The largest absolute Gasteiger partial charge is 0.493 e. The number of aryl methyl sites for hydroxylation is 1. The Morgan fingerprint density at radius 3 is 2.52 bits per heavy atom. The summed E-state index contributed by atoms with van der Waals surface area (Å²) in [7, 11) is 1.52. The molecule has 42 heavy (non-hydrogen) atoms. The molecule has 2 fully saturated rings. The maximum absolute atomic E-state index is 15.2. The van der Waals surface area contributed by atoms with Crippen LogP contribution in [0.3, 0.4) is 0 Å². The molecule has 0 radical (unpaired) electrons. The van der Waals surface area contributed by atoms with Gasteiger partial charge in [-0.1, -0.05) is 5.57 Å². The number of aliphatic imine (C=N–C) groups is 1. The number of H-pyrrole nitrogens is 1. The van der Waals surface area contributed by atoms with Gasteiger partial charge in [-0.15, -0.1) is 6.58 Å². The van der Waals surface area contributed by atoms with Gasteiger partial charge in [-0.3, -0.25) is 4.79 Å². The molecular weight excluding hydrogens is 541 g/mol. The van der Waals surface area contributed by atoms with Gasteiger partial charge in [0.15, 0.2) is 17.3 Å². The fourth-order valence-corrected chi connectivity index (χ4v) is 4.72. The van der Waals surface area contributed by atoms with Crippen LogP contribution in [0.2, 0.25) is 0 Å². The number of fused-ring (bicyclic) bond motifs is 1. The molecule has 2 saturated heterocycles. The monoisotopic (exact) mass is 579 g/mol. The Kier molecular flexibility index (Phi) is 9.62. The van der Waals surface area contributed by atoms with Gasteiger partial charge in [0.25, 0.3) is 0 Å². The first kappa shape index (κ1) is 30.7. The van der Waals surface area contributed by atoms with Crippen LogP contribution in [0.4, 0.5) is 10.2 Å². The van der Waals surface area contributed by atoms with Gasteiger partial charge in [-0.05, 0) is 53.0 Å². The number of carbonyl (C=O) groups excluding carboxylic acids is 1. The van der Waals surface area contributed by atoms with E-state index < -0.39 is 5.83 Å². The zero-order valence-corrected chi connectivity index (χ0v) is 24.9. The van der Waals surface area contributed by atoms with Crippen molar-refractivity contribution in [2.24, 2.45) is 10.4 Å². The summed E-state index contributed by atoms with van der Waals surface area (Å²) >= 11 is 0. The number of allylic oxidation sites excluding steroid dienone is 2. The van der Waals surface area contributed by atoms with Gasteiger partial charge < -0.3 is 28.8 Å². The van der Waals surface area contributed by atoms with Crippen LogP contribution in [0.5, 0.6) is 17.4 Å². The Hall–Kier alpha value is -4.25. The van der Waals surface area contributed by atoms with Crippen molar-refractivity contribution in [3.05, 3.63) is 53.7 Å². The minimum Gasteiger partial charge on any atom is -0.493 e. The smallest absolute Gasteiger partial charge is 0.230 e. The lowest BCUT2D eigenvalue weighted by molar-refractivity contribution is -0.195. The Morgan fingerprint density at radius 1 is 1.19 bits per heavy atom. The number of aromatic amines is 1. The van der Waals surface area contributed by atoms with Gasteiger partial charge in [-0.2, -0.15) is 0 Å². The average molecular weight is 580 g/mol. The number of rotatable bonds is 10. The fraction of sp³-hybridized carbons (Fsp3) is 0.419. The van der Waals surface area contributed by atoms with Crippen molar-refractivity contribution in [3.63, 3.8) is 0 Å². The van der Waals surface area contributed by atoms with Crippen molar-refractivity contribution < 1.29 is 28.1 Å². The van der Waals surface area contributed by atoms with Crippen molar-refractivity contribution in [1.29, 1.82) is 0 Å². The maximum Gasteiger partial charge on any atom is 0.230 e. The molecule has 11 heteroatoms. The van der Waals surface area contributed by atoms with Crippen LogP contribution in [0.15, 0.2) is 47.4 Å². The molecule has 224 valence electrons. The van der Waals surface area contributed by atoms with Gasteiger partial charge in [0, 0.05) is 31.3 Å². The molecule has 1 N–H and O–H groups in total. The van der Waals surface area contributed by atoms with E-state index in [1.54, 1.807) is 25.1 Å². The van der Waals surface area contributed by atoms with Crippen molar-refractivity contribution in [3.8, 4) is 17.4 Å². The quantitative estimate of drug-likeness (QED) is 0.137. The molecule has 2 aliphatic heterocycles. The highest BCUT2D eigenvalue weighted by Crippen LogP contribution is 2.38. The minimum absolute atomic E-state index is 0.0100. The molecule has 2 aromatic heterocycles. The molecule has 1 aromatic carbocycles. The van der Waals surface area contributed by atoms with E-state index in [0.29, 0.717) is 47.7 Å². The topological polar surface area (TPSA) is 111 Å². The van der Waals surface area contributed by atoms with E-state index in [0.717, 1.165) is 32.0 Å². The second-order valence-electron chi connectivity index (χ2n) is 10.9. The molecule has 1 spiro atoms. The van der Waals surface area contributed by atoms with E-state index in [9.17, 15) is 4.79 Å². The third-order valence-corrected chi connectivity index (χ3v) is 6.78. The standard InChI is InChI=1S/C27H30FN5O5.C4H8/c1-16-8-19(25(29-3)32-16)24(28)17(2)38-26-18-9-21(35-4)22(10-20(18)30-15-31-26)37-7-5-6-23(34)33-11-27(12-33)13-36-14-27;1-4(2)3/h8-10,15,32H,3,5-7,11-14H2,1-2,4H3;1H2,2-3H3/b24-17-;. The molecule has 0 unspecified atom stereocenters. The summed E-state index contributed by atoms with van der Waals surface area (Å²) in [5.74, 6) is 0.974. The second-order valence-corrected chi connectivity index (χ2v) is 10.9. The van der Waals surface area contributed by atoms with E-state index in [4.69, 9.17) is 18.9 Å². The SMILES string of the molecule is C=C(C)C.C=Nc1[nH]c(C)cc1/C(F)=C(\C)Oc1ncnc2cc(OCCCC(=O)N3CC4(COC4)C3)c(OC)cc12. The van der Waals surface area contributed by atoms with Crippen LogP contribution < -0.4 is 14.2 Å². The second kappa shape index (κ2) is 13.2. The van der Waals surface area contributed by atoms with E-state index in [1.807, 2.05) is 18.7 Å². The van der Waals surface area contributed by atoms with Crippen LogP contribution in [-0.2, 0) is 9.53 Å². The number of hydrogen-bond acceptors (Lipinski definition) is 8. The predicted molar refractivity (Wildman–Crippen MR) is 160 cm³/mol. The highest BCUT2D eigenvalue weighted by molar-refractivity contribution is 5.87. The molecule has 0 atom stereocenters. The highest BCUT2D eigenvalue weighted by Gasteiger charge is 2.50. The summed E-state index contributed by atoms with van der Waals surface area (Å²) in [4.78, 5) is 29.6. The molecule has 1 amide bonds. The normalized spacial score (nSPS) is 15.5. The highest BCUT2D eigenvalue weighted by atomic mass is 19.1. The minimum atomic E-state index is -0.584. The number of amides is 1. The Morgan fingerprint density at radius 2 is 1.90 bits per heavy atom. The molecule has 0 aliphatic carbocycles. The van der Waals surface area contributed by atoms with Gasteiger partial charge in [0.2, 0.25) is 11.8 Å². The number of likely N-dealkylation sites (tertiary alicyclic amines) is 1. The molecular formula is C31H38FN5O5. The number of methoxy groups -OCH3 is 1. The molecule has 3 aromatic rings. The third kappa shape index (κ3) is 6.96. The number of halogens is 1. The Bertz CT molecular complexity index is 1500. The zero-order chi connectivity index (χ0) is 30.4. The van der Waals surface area contributed by atoms with Gasteiger partial charge in [-0.25, -0.2) is 19.4 Å². The average Bonchev–Trinajstić information content (AvgIpc) is 3.29. The number of ether oxygens (including phenoxy) is 4. The molecule has 4 heterocycles. The van der Waals surface area contributed by atoms with E-state index in [-0.39, 0.29) is 28.5 Å². The van der Waals surface area contributed by atoms with Crippen LogP contribution in [0, 0.1) is 12.3 Å². The number of nitrogens with one attached hydrogen (secondary N) is 1. The lowest BCUT2D eigenvalue weighted by Gasteiger charge is -2.55. The summed E-state index contributed by atoms with van der Waals surface area (Å²) in [6.45, 7) is 17.7. The Balaban J connectivity index is 0.000000952. The van der Waals surface area contributed by atoms with Crippen molar-refractivity contribution >= 4 is 35.2 Å². The summed E-state index contributed by atoms with van der Waals surface area (Å²) in [6.07, 6.45) is 2.32. The first-order valence-corrected chi connectivity index (χ1v) is 13.7. The maximum atomic E-state index is 15.2. The molecule has 2 aliphatic rings. The fourth-order valence-electron chi connectivity index (χ4n) is 4.72. The number of benzene rings is 1. The number of nitrogens with zero attached hydrogens (tertiary/aromatic N) is 4. The van der Waals surface area contributed by atoms with Crippen molar-refractivity contribution in [2.75, 3.05) is 40.0 Å². The zero-order valence-electron chi connectivity index (χ0n) is 24.9. The number of hydrogen-bond donors (Lipinski definition) is 1. The van der Waals surface area contributed by atoms with Crippen LogP contribution in [-0.4, -0.2) is 72.5 Å². The molecule has 0 bridgehead atoms. The van der Waals surface area contributed by atoms with E-state index in [2.05, 4.69) is 33.2 Å². The van der Waals surface area contributed by atoms with Gasteiger partial charge in [0.1, 0.15) is 17.9 Å². The van der Waals surface area contributed by atoms with Gasteiger partial charge in [0.05, 0.1) is 48.8 Å². The molecule has 0 saturated carbocycles. The summed E-state index contributed by atoms with van der Waals surface area (Å²) in [5, 5.41) is 0.526. The van der Waals surface area contributed by atoms with Gasteiger partial charge >= 0.3 is 0 Å². The summed E-state index contributed by atoms with van der Waals surface area (Å²) in [5.41, 5.74) is 2.92. The molecule has 5 rings (SSSR count).